The molecule has 1 unspecified atom stereocenters. The Morgan fingerprint density at radius 3 is 2.70 bits per heavy atom. The van der Waals surface area contributed by atoms with Crippen LogP contribution in [0.1, 0.15) is 29.7 Å². The van der Waals surface area contributed by atoms with Crippen LogP contribution in [0.15, 0.2) is 42.5 Å². The van der Waals surface area contributed by atoms with Crippen LogP contribution in [0.5, 0.6) is 0 Å². The zero-order valence-electron chi connectivity index (χ0n) is 12.0. The van der Waals surface area contributed by atoms with Gasteiger partial charge in [-0.15, -0.1) is 0 Å². The fraction of sp³-hybridized carbons (Fsp3) is 0.235. The fourth-order valence-electron chi connectivity index (χ4n) is 2.43. The molecular weight excluding hydrogens is 264 g/mol. The van der Waals surface area contributed by atoms with Crippen molar-refractivity contribution in [1.29, 1.82) is 0 Å². The molecule has 0 bridgehead atoms. The summed E-state index contributed by atoms with van der Waals surface area (Å²) in [5.41, 5.74) is 4.98. The zero-order chi connectivity index (χ0) is 14.1. The van der Waals surface area contributed by atoms with Crippen LogP contribution in [-0.2, 0) is 0 Å². The van der Waals surface area contributed by atoms with Gasteiger partial charge in [-0.3, -0.25) is 0 Å². The van der Waals surface area contributed by atoms with Gasteiger partial charge in [0, 0.05) is 0 Å². The third-order valence-corrected chi connectivity index (χ3v) is 4.49. The van der Waals surface area contributed by atoms with Crippen molar-refractivity contribution in [3.63, 3.8) is 0 Å². The van der Waals surface area contributed by atoms with E-state index in [1.807, 2.05) is 0 Å². The van der Waals surface area contributed by atoms with Crippen molar-refractivity contribution in [2.24, 2.45) is 0 Å². The molecule has 0 spiro atoms. The molecule has 0 aliphatic rings. The molecule has 102 valence electrons. The summed E-state index contributed by atoms with van der Waals surface area (Å²) in [6.45, 7) is 6.44. The molecule has 1 heterocycles. The summed E-state index contributed by atoms with van der Waals surface area (Å²) in [4.78, 5) is 4.66. The van der Waals surface area contributed by atoms with E-state index in [1.165, 1.54) is 21.4 Å². The van der Waals surface area contributed by atoms with Crippen LogP contribution >= 0.6 is 11.3 Å². The van der Waals surface area contributed by atoms with Crippen molar-refractivity contribution in [2.75, 3.05) is 5.32 Å². The van der Waals surface area contributed by atoms with Gasteiger partial charge in [-0.2, -0.15) is 0 Å². The van der Waals surface area contributed by atoms with Crippen LogP contribution < -0.4 is 5.32 Å². The lowest BCUT2D eigenvalue weighted by molar-refractivity contribution is 0.872. The standard InChI is InChI=1S/C17H18N2S/c1-11-8-9-15-16(10-11)20-17(19-15)18-13(3)14-7-5-4-6-12(14)2/h4-10,13H,1-3H3,(H,18,19). The number of nitrogens with one attached hydrogen (secondary N) is 1. The number of aromatic nitrogens is 1. The van der Waals surface area contributed by atoms with Crippen LogP contribution in [0.25, 0.3) is 10.2 Å². The molecule has 1 aromatic heterocycles. The van der Waals surface area contributed by atoms with Crippen LogP contribution in [0.4, 0.5) is 5.13 Å². The Labute approximate surface area is 123 Å². The first kappa shape index (κ1) is 13.1. The largest absolute Gasteiger partial charge is 0.355 e. The highest BCUT2D eigenvalue weighted by atomic mass is 32.1. The highest BCUT2D eigenvalue weighted by molar-refractivity contribution is 7.22. The quantitative estimate of drug-likeness (QED) is 0.724. The lowest BCUT2D eigenvalue weighted by Gasteiger charge is -2.15. The summed E-state index contributed by atoms with van der Waals surface area (Å²) in [6, 6.07) is 15.1. The smallest absolute Gasteiger partial charge is 0.184 e. The number of aryl methyl sites for hydroxylation is 2. The molecule has 0 aliphatic heterocycles. The maximum atomic E-state index is 4.66. The van der Waals surface area contributed by atoms with E-state index in [4.69, 9.17) is 0 Å². The highest BCUT2D eigenvalue weighted by Crippen LogP contribution is 2.30. The minimum absolute atomic E-state index is 0.262. The molecular formula is C17H18N2S. The number of hydrogen-bond donors (Lipinski definition) is 1. The fourth-order valence-corrected chi connectivity index (χ4v) is 3.48. The predicted octanol–water partition coefficient (Wildman–Crippen LogP) is 5.09. The molecule has 0 amide bonds. The predicted molar refractivity (Wildman–Crippen MR) is 87.6 cm³/mol. The molecule has 3 rings (SSSR count). The van der Waals surface area contributed by atoms with E-state index in [-0.39, 0.29) is 6.04 Å². The summed E-state index contributed by atoms with van der Waals surface area (Å²) in [5.74, 6) is 0. The van der Waals surface area contributed by atoms with Crippen molar-refractivity contribution in [3.8, 4) is 0 Å². The Hall–Kier alpha value is -1.87. The molecule has 0 aliphatic carbocycles. The SMILES string of the molecule is Cc1ccc2nc(NC(C)c3ccccc3C)sc2c1. The molecule has 0 saturated heterocycles. The summed E-state index contributed by atoms with van der Waals surface area (Å²) < 4.78 is 1.24. The van der Waals surface area contributed by atoms with Gasteiger partial charge in [0.05, 0.1) is 16.3 Å². The number of anilines is 1. The van der Waals surface area contributed by atoms with E-state index in [0.717, 1.165) is 10.6 Å². The third-order valence-electron chi connectivity index (χ3n) is 3.54. The number of rotatable bonds is 3. The molecule has 0 radical (unpaired) electrons. The Morgan fingerprint density at radius 2 is 1.90 bits per heavy atom. The average molecular weight is 282 g/mol. The Balaban J connectivity index is 1.87. The molecule has 20 heavy (non-hydrogen) atoms. The van der Waals surface area contributed by atoms with Crippen LogP contribution in [-0.4, -0.2) is 4.98 Å². The second-order valence-electron chi connectivity index (χ2n) is 5.21. The Morgan fingerprint density at radius 1 is 1.10 bits per heavy atom. The minimum atomic E-state index is 0.262. The highest BCUT2D eigenvalue weighted by Gasteiger charge is 2.10. The van der Waals surface area contributed by atoms with Gasteiger partial charge in [-0.1, -0.05) is 41.7 Å². The Bertz CT molecular complexity index is 746. The molecule has 0 saturated carbocycles. The Kier molecular flexibility index (Phi) is 3.45. The molecule has 1 N–H and O–H groups in total. The monoisotopic (exact) mass is 282 g/mol. The normalized spacial score (nSPS) is 12.6. The van der Waals surface area contributed by atoms with Gasteiger partial charge in [0.2, 0.25) is 0 Å². The first-order chi connectivity index (χ1) is 9.63. The molecule has 3 aromatic rings. The number of nitrogens with zero attached hydrogens (tertiary/aromatic N) is 1. The van der Waals surface area contributed by atoms with E-state index in [2.05, 4.69) is 73.5 Å². The van der Waals surface area contributed by atoms with Crippen molar-refractivity contribution >= 4 is 26.7 Å². The lowest BCUT2D eigenvalue weighted by atomic mass is 10.0. The maximum absolute atomic E-state index is 4.66. The van der Waals surface area contributed by atoms with Gasteiger partial charge in [-0.25, -0.2) is 4.98 Å². The van der Waals surface area contributed by atoms with Crippen molar-refractivity contribution in [2.45, 2.75) is 26.8 Å². The van der Waals surface area contributed by atoms with Gasteiger partial charge in [-0.05, 0) is 49.6 Å². The number of benzene rings is 2. The van der Waals surface area contributed by atoms with Crippen molar-refractivity contribution < 1.29 is 0 Å². The minimum Gasteiger partial charge on any atom is -0.355 e. The third kappa shape index (κ3) is 2.54. The summed E-state index contributed by atoms with van der Waals surface area (Å²) >= 11 is 1.72. The topological polar surface area (TPSA) is 24.9 Å². The van der Waals surface area contributed by atoms with Gasteiger partial charge < -0.3 is 5.32 Å². The van der Waals surface area contributed by atoms with Crippen LogP contribution in [0.2, 0.25) is 0 Å². The summed E-state index contributed by atoms with van der Waals surface area (Å²) in [7, 11) is 0. The molecule has 2 aromatic carbocycles. The molecule has 1 atom stereocenters. The van der Waals surface area contributed by atoms with Gasteiger partial charge in [0.15, 0.2) is 5.13 Å². The second kappa shape index (κ2) is 5.25. The summed E-state index contributed by atoms with van der Waals surface area (Å²) in [6.07, 6.45) is 0. The van der Waals surface area contributed by atoms with E-state index >= 15 is 0 Å². The molecule has 3 heteroatoms. The van der Waals surface area contributed by atoms with Crippen LogP contribution in [0.3, 0.4) is 0 Å². The maximum Gasteiger partial charge on any atom is 0.184 e. The number of hydrogen-bond acceptors (Lipinski definition) is 3. The second-order valence-corrected chi connectivity index (χ2v) is 6.24. The van der Waals surface area contributed by atoms with Gasteiger partial charge in [0.1, 0.15) is 0 Å². The number of fused-ring (bicyclic) bond motifs is 1. The van der Waals surface area contributed by atoms with Crippen molar-refractivity contribution in [3.05, 3.63) is 59.2 Å². The van der Waals surface area contributed by atoms with Gasteiger partial charge >= 0.3 is 0 Å². The molecule has 2 nitrogen and oxygen atoms in total. The van der Waals surface area contributed by atoms with E-state index in [1.54, 1.807) is 11.3 Å². The molecule has 0 fully saturated rings. The van der Waals surface area contributed by atoms with E-state index < -0.39 is 0 Å². The lowest BCUT2D eigenvalue weighted by Crippen LogP contribution is -2.07. The first-order valence-electron chi connectivity index (χ1n) is 6.83. The zero-order valence-corrected chi connectivity index (χ0v) is 12.8. The van der Waals surface area contributed by atoms with Gasteiger partial charge in [0.25, 0.3) is 0 Å². The first-order valence-corrected chi connectivity index (χ1v) is 7.64. The van der Waals surface area contributed by atoms with Crippen LogP contribution in [0, 0.1) is 13.8 Å². The van der Waals surface area contributed by atoms with E-state index in [9.17, 15) is 0 Å². The van der Waals surface area contributed by atoms with E-state index in [0.29, 0.717) is 0 Å². The van der Waals surface area contributed by atoms with Crippen molar-refractivity contribution in [1.82, 2.24) is 4.98 Å². The average Bonchev–Trinajstić information content (AvgIpc) is 2.80. The summed E-state index contributed by atoms with van der Waals surface area (Å²) in [5, 5.41) is 4.50. The number of thiazole rings is 1.